The van der Waals surface area contributed by atoms with Crippen LogP contribution in [0, 0.1) is 0 Å². The average Bonchev–Trinajstić information content (AvgIpc) is 2.85. The highest BCUT2D eigenvalue weighted by Gasteiger charge is 2.08. The first kappa shape index (κ1) is 14.8. The summed E-state index contributed by atoms with van der Waals surface area (Å²) in [6, 6.07) is 7.56. The van der Waals surface area contributed by atoms with Crippen molar-refractivity contribution in [2.75, 3.05) is 6.54 Å². The van der Waals surface area contributed by atoms with E-state index in [4.69, 9.17) is 21.9 Å². The molecule has 20 heavy (non-hydrogen) atoms. The number of hydrogen-bond acceptors (Lipinski definition) is 6. The Balaban J connectivity index is 1.84. The fourth-order valence-corrected chi connectivity index (χ4v) is 2.50. The lowest BCUT2D eigenvalue weighted by Crippen LogP contribution is -2.28. The zero-order valence-corrected chi connectivity index (χ0v) is 12.1. The highest BCUT2D eigenvalue weighted by Crippen LogP contribution is 2.28. The first-order chi connectivity index (χ1) is 9.65. The molecule has 2 aromatic rings. The second-order valence-corrected chi connectivity index (χ2v) is 5.32. The normalized spacial score (nSPS) is 10.7. The fraction of sp³-hybridized carbons (Fsp3) is 0.250. The van der Waals surface area contributed by atoms with Crippen molar-refractivity contribution in [1.82, 2.24) is 15.5 Å². The van der Waals surface area contributed by atoms with E-state index < -0.39 is 5.91 Å². The minimum Gasteiger partial charge on any atom is -0.369 e. The number of halogens is 1. The predicted molar refractivity (Wildman–Crippen MR) is 76.2 cm³/mol. The van der Waals surface area contributed by atoms with E-state index in [0.29, 0.717) is 29.0 Å². The maximum atomic E-state index is 10.6. The average molecular weight is 313 g/mol. The van der Waals surface area contributed by atoms with Crippen LogP contribution in [0.25, 0.3) is 0 Å². The first-order valence-corrected chi connectivity index (χ1v) is 7.19. The van der Waals surface area contributed by atoms with E-state index in [2.05, 4.69) is 15.5 Å². The lowest BCUT2D eigenvalue weighted by molar-refractivity contribution is -0.117. The van der Waals surface area contributed by atoms with E-state index in [1.54, 1.807) is 0 Å². The van der Waals surface area contributed by atoms with Gasteiger partial charge in [0, 0.05) is 4.90 Å². The molecule has 0 aliphatic rings. The minimum absolute atomic E-state index is 0.0755. The molecule has 1 amide bonds. The molecule has 0 fully saturated rings. The van der Waals surface area contributed by atoms with Crippen LogP contribution in [0.5, 0.6) is 0 Å². The van der Waals surface area contributed by atoms with Gasteiger partial charge in [0.2, 0.25) is 11.8 Å². The van der Waals surface area contributed by atoms with E-state index in [1.165, 1.54) is 11.8 Å². The third kappa shape index (κ3) is 4.52. The molecular weight excluding hydrogens is 300 g/mol. The third-order valence-corrected chi connectivity index (χ3v) is 3.79. The molecule has 2 rings (SSSR count). The number of carbonyl (C=O) groups excluding carboxylic acids is 1. The largest absolute Gasteiger partial charge is 0.369 e. The smallest absolute Gasteiger partial charge is 0.240 e. The van der Waals surface area contributed by atoms with Crippen molar-refractivity contribution >= 4 is 29.3 Å². The zero-order chi connectivity index (χ0) is 14.4. The van der Waals surface area contributed by atoms with Gasteiger partial charge in [-0.2, -0.15) is 4.98 Å². The van der Waals surface area contributed by atoms with Crippen molar-refractivity contribution in [3.8, 4) is 0 Å². The molecule has 0 radical (unpaired) electrons. The lowest BCUT2D eigenvalue weighted by atomic mass is 10.4. The van der Waals surface area contributed by atoms with Gasteiger partial charge in [-0.25, -0.2) is 0 Å². The Morgan fingerprint density at radius 3 is 3.00 bits per heavy atom. The second kappa shape index (κ2) is 7.28. The monoisotopic (exact) mass is 312 g/mol. The Bertz CT molecular complexity index is 590. The number of hydrogen-bond donors (Lipinski definition) is 2. The number of amides is 1. The highest BCUT2D eigenvalue weighted by molar-refractivity contribution is 7.98. The summed E-state index contributed by atoms with van der Waals surface area (Å²) in [6.07, 6.45) is 0. The van der Waals surface area contributed by atoms with Crippen LogP contribution in [-0.4, -0.2) is 22.6 Å². The summed E-state index contributed by atoms with van der Waals surface area (Å²) in [4.78, 5) is 15.7. The van der Waals surface area contributed by atoms with Crippen LogP contribution in [0.1, 0.15) is 11.7 Å². The second-order valence-electron chi connectivity index (χ2n) is 3.89. The van der Waals surface area contributed by atoms with Crippen LogP contribution in [0.2, 0.25) is 5.02 Å². The molecule has 0 spiro atoms. The summed E-state index contributed by atoms with van der Waals surface area (Å²) in [5, 5.41) is 7.35. The van der Waals surface area contributed by atoms with Gasteiger partial charge in [0.1, 0.15) is 0 Å². The van der Waals surface area contributed by atoms with E-state index in [-0.39, 0.29) is 6.54 Å². The van der Waals surface area contributed by atoms with Gasteiger partial charge in [-0.15, -0.1) is 11.8 Å². The maximum absolute atomic E-state index is 10.6. The van der Waals surface area contributed by atoms with Crippen molar-refractivity contribution in [2.45, 2.75) is 17.2 Å². The summed E-state index contributed by atoms with van der Waals surface area (Å²) in [5.74, 6) is 1.12. The highest BCUT2D eigenvalue weighted by atomic mass is 35.5. The fourth-order valence-electron chi connectivity index (χ4n) is 1.42. The van der Waals surface area contributed by atoms with Crippen LogP contribution in [-0.2, 0) is 17.1 Å². The molecule has 0 saturated carbocycles. The van der Waals surface area contributed by atoms with Crippen molar-refractivity contribution in [3.05, 3.63) is 41.0 Å². The van der Waals surface area contributed by atoms with Crippen molar-refractivity contribution in [1.29, 1.82) is 0 Å². The number of nitrogens with one attached hydrogen (secondary N) is 1. The van der Waals surface area contributed by atoms with Gasteiger partial charge in [-0.1, -0.05) is 28.9 Å². The van der Waals surface area contributed by atoms with Gasteiger partial charge in [-0.3, -0.25) is 10.1 Å². The number of nitrogens with zero attached hydrogens (tertiary/aromatic N) is 2. The minimum atomic E-state index is -0.431. The Hall–Kier alpha value is -1.57. The summed E-state index contributed by atoms with van der Waals surface area (Å²) < 4.78 is 5.04. The van der Waals surface area contributed by atoms with E-state index in [1.807, 2.05) is 24.3 Å². The molecule has 1 heterocycles. The number of nitrogens with two attached hydrogens (primary N) is 1. The SMILES string of the molecule is NC(=O)CNCc1nc(CSc2ccccc2Cl)no1. The summed E-state index contributed by atoms with van der Waals surface area (Å²) in [7, 11) is 0. The van der Waals surface area contributed by atoms with E-state index in [9.17, 15) is 4.79 Å². The van der Waals surface area contributed by atoms with Gasteiger partial charge >= 0.3 is 0 Å². The Morgan fingerprint density at radius 2 is 2.25 bits per heavy atom. The molecule has 3 N–H and O–H groups in total. The van der Waals surface area contributed by atoms with E-state index >= 15 is 0 Å². The first-order valence-electron chi connectivity index (χ1n) is 5.83. The molecule has 1 aromatic heterocycles. The molecule has 106 valence electrons. The molecule has 0 unspecified atom stereocenters. The predicted octanol–water partition coefficient (Wildman–Crippen LogP) is 1.59. The molecule has 0 saturated heterocycles. The van der Waals surface area contributed by atoms with E-state index in [0.717, 1.165) is 4.90 Å². The molecule has 0 aliphatic heterocycles. The molecule has 8 heteroatoms. The number of carbonyl (C=O) groups is 1. The molecule has 6 nitrogen and oxygen atoms in total. The topological polar surface area (TPSA) is 94.0 Å². The molecule has 1 aromatic carbocycles. The summed E-state index contributed by atoms with van der Waals surface area (Å²) in [5.41, 5.74) is 5.00. The van der Waals surface area contributed by atoms with Crippen molar-refractivity contribution in [2.24, 2.45) is 5.73 Å². The summed E-state index contributed by atoms with van der Waals surface area (Å²) >= 11 is 7.59. The van der Waals surface area contributed by atoms with Gasteiger partial charge < -0.3 is 10.3 Å². The van der Waals surface area contributed by atoms with Gasteiger partial charge in [-0.05, 0) is 12.1 Å². The Labute approximate surface area is 125 Å². The third-order valence-electron chi connectivity index (χ3n) is 2.28. The van der Waals surface area contributed by atoms with Gasteiger partial charge in [0.25, 0.3) is 0 Å². The van der Waals surface area contributed by atoms with Gasteiger partial charge in [0.05, 0.1) is 23.9 Å². The molecular formula is C12H13ClN4O2S. The quantitative estimate of drug-likeness (QED) is 0.754. The van der Waals surface area contributed by atoms with Crippen LogP contribution in [0.4, 0.5) is 0 Å². The number of primary amides is 1. The van der Waals surface area contributed by atoms with Crippen molar-refractivity contribution < 1.29 is 9.32 Å². The maximum Gasteiger partial charge on any atom is 0.240 e. The molecule has 0 aliphatic carbocycles. The number of rotatable bonds is 7. The standard InChI is InChI=1S/C12H13ClN4O2S/c13-8-3-1-2-4-9(8)20-7-11-16-12(19-17-11)6-15-5-10(14)18/h1-4,15H,5-7H2,(H2,14,18). The molecule has 0 atom stereocenters. The summed E-state index contributed by atoms with van der Waals surface area (Å²) in [6.45, 7) is 0.388. The van der Waals surface area contributed by atoms with Crippen molar-refractivity contribution in [3.63, 3.8) is 0 Å². The Kier molecular flexibility index (Phi) is 5.40. The molecule has 0 bridgehead atoms. The lowest BCUT2D eigenvalue weighted by Gasteiger charge is -2.00. The van der Waals surface area contributed by atoms with Crippen LogP contribution >= 0.6 is 23.4 Å². The van der Waals surface area contributed by atoms with Crippen LogP contribution in [0.3, 0.4) is 0 Å². The van der Waals surface area contributed by atoms with Gasteiger partial charge in [0.15, 0.2) is 5.82 Å². The van der Waals surface area contributed by atoms with Crippen LogP contribution < -0.4 is 11.1 Å². The number of thioether (sulfide) groups is 1. The number of aromatic nitrogens is 2. The zero-order valence-electron chi connectivity index (χ0n) is 10.5. The Morgan fingerprint density at radius 1 is 1.45 bits per heavy atom. The van der Waals surface area contributed by atoms with Crippen LogP contribution in [0.15, 0.2) is 33.7 Å². The number of benzene rings is 1.